The Bertz CT molecular complexity index is 196. The molecule has 0 aromatic carbocycles. The van der Waals surface area contributed by atoms with Crippen molar-refractivity contribution >= 4 is 6.29 Å². The molecular weight excluding hydrogens is 162 g/mol. The van der Waals surface area contributed by atoms with Crippen molar-refractivity contribution in [2.75, 3.05) is 6.54 Å². The molecule has 0 spiro atoms. The Balaban J connectivity index is 3.40. The first-order valence-electron chi connectivity index (χ1n) is 4.61. The van der Waals surface area contributed by atoms with E-state index in [4.69, 9.17) is 0 Å². The lowest BCUT2D eigenvalue weighted by Crippen LogP contribution is -2.15. The van der Waals surface area contributed by atoms with Gasteiger partial charge in [0.2, 0.25) is 0 Å². The summed E-state index contributed by atoms with van der Waals surface area (Å²) >= 11 is 0. The second-order valence-electron chi connectivity index (χ2n) is 3.46. The first-order valence-corrected chi connectivity index (χ1v) is 4.61. The van der Waals surface area contributed by atoms with E-state index in [0.29, 0.717) is 11.6 Å². The molecule has 0 aromatic heterocycles. The highest BCUT2D eigenvalue weighted by Crippen LogP contribution is 2.12. The second-order valence-corrected chi connectivity index (χ2v) is 3.46. The lowest BCUT2D eigenvalue weighted by Gasteiger charge is -2.10. The highest BCUT2D eigenvalue weighted by Gasteiger charge is 2.01. The summed E-state index contributed by atoms with van der Waals surface area (Å²) in [5, 5.41) is 2.93. The molecule has 0 aliphatic rings. The molecule has 2 nitrogen and oxygen atoms in total. The van der Waals surface area contributed by atoms with Crippen molar-refractivity contribution in [2.45, 2.75) is 26.7 Å². The summed E-state index contributed by atoms with van der Waals surface area (Å²) in [6, 6.07) is 0. The van der Waals surface area contributed by atoms with Gasteiger partial charge in [-0.05, 0) is 25.7 Å². The van der Waals surface area contributed by atoms with Crippen LogP contribution in [0.1, 0.15) is 26.7 Å². The van der Waals surface area contributed by atoms with E-state index in [-0.39, 0.29) is 0 Å². The Morgan fingerprint density at radius 3 is 2.62 bits per heavy atom. The zero-order valence-corrected chi connectivity index (χ0v) is 8.60. The molecule has 0 amide bonds. The average Bonchev–Trinajstić information content (AvgIpc) is 2.11. The van der Waals surface area contributed by atoms with Crippen LogP contribution in [0.3, 0.4) is 0 Å². The van der Waals surface area contributed by atoms with Gasteiger partial charge in [-0.15, -0.1) is 0 Å². The smallest absolute Gasteiger partial charge is 0.165 e. The van der Waals surface area contributed by atoms with Gasteiger partial charge in [-0.25, -0.2) is 0 Å². The van der Waals surface area contributed by atoms with E-state index < -0.39 is 0 Å². The fraction of sp³-hybridized carbons (Fsp3) is 0.545. The summed E-state index contributed by atoms with van der Waals surface area (Å²) < 4.78 is 0. The third kappa shape index (κ3) is 6.14. The molecule has 0 rings (SSSR count). The molecule has 74 valence electrons. The third-order valence-electron chi connectivity index (χ3n) is 2.15. The molecule has 1 atom stereocenters. The minimum atomic E-state index is 0.461. The minimum absolute atomic E-state index is 0.461. The van der Waals surface area contributed by atoms with E-state index in [1.165, 1.54) is 5.57 Å². The average molecular weight is 181 g/mol. The molecule has 0 aromatic rings. The van der Waals surface area contributed by atoms with Gasteiger partial charge in [0, 0.05) is 6.54 Å². The fourth-order valence-corrected chi connectivity index (χ4v) is 0.945. The lowest BCUT2D eigenvalue weighted by atomic mass is 9.99. The summed E-state index contributed by atoms with van der Waals surface area (Å²) in [6.07, 6.45) is 2.89. The van der Waals surface area contributed by atoms with Crippen molar-refractivity contribution in [1.82, 2.24) is 5.32 Å². The maximum absolute atomic E-state index is 10.2. The van der Waals surface area contributed by atoms with Gasteiger partial charge in [0.1, 0.15) is 0 Å². The molecule has 0 bridgehead atoms. The van der Waals surface area contributed by atoms with Crippen LogP contribution in [0.4, 0.5) is 0 Å². The van der Waals surface area contributed by atoms with Crippen LogP contribution in [0.25, 0.3) is 0 Å². The molecule has 1 unspecified atom stereocenters. The van der Waals surface area contributed by atoms with E-state index in [1.807, 2.05) is 6.92 Å². The third-order valence-corrected chi connectivity index (χ3v) is 2.15. The zero-order chi connectivity index (χ0) is 10.3. The minimum Gasteiger partial charge on any atom is -0.383 e. The number of rotatable bonds is 7. The Kier molecular flexibility index (Phi) is 5.94. The van der Waals surface area contributed by atoms with E-state index in [9.17, 15) is 4.79 Å². The van der Waals surface area contributed by atoms with Gasteiger partial charge >= 0.3 is 0 Å². The molecule has 0 fully saturated rings. The predicted octanol–water partition coefficient (Wildman–Crippen LogP) is 2.28. The molecule has 0 saturated heterocycles. The van der Waals surface area contributed by atoms with Crippen LogP contribution in [0, 0.1) is 5.92 Å². The Hall–Kier alpha value is -1.05. The second kappa shape index (κ2) is 6.46. The summed E-state index contributed by atoms with van der Waals surface area (Å²) in [5.74, 6) is 0.561. The Labute approximate surface area is 80.7 Å². The molecule has 0 heterocycles. The fourth-order valence-electron chi connectivity index (χ4n) is 0.945. The van der Waals surface area contributed by atoms with Gasteiger partial charge in [0.05, 0.1) is 5.70 Å². The van der Waals surface area contributed by atoms with Crippen LogP contribution in [0.15, 0.2) is 24.4 Å². The van der Waals surface area contributed by atoms with E-state index >= 15 is 0 Å². The van der Waals surface area contributed by atoms with Crippen LogP contribution in [0.2, 0.25) is 0 Å². The van der Waals surface area contributed by atoms with E-state index in [1.54, 1.807) is 0 Å². The number of carbonyl (C=O) groups is 1. The van der Waals surface area contributed by atoms with Gasteiger partial charge in [-0.1, -0.05) is 25.7 Å². The van der Waals surface area contributed by atoms with E-state index in [2.05, 4.69) is 25.4 Å². The highest BCUT2D eigenvalue weighted by molar-refractivity contribution is 5.70. The molecule has 0 aliphatic carbocycles. The van der Waals surface area contributed by atoms with Crippen molar-refractivity contribution in [1.29, 1.82) is 0 Å². The van der Waals surface area contributed by atoms with Crippen molar-refractivity contribution in [3.05, 3.63) is 24.4 Å². The number of hydrogen-bond donors (Lipinski definition) is 1. The van der Waals surface area contributed by atoms with Crippen LogP contribution in [-0.2, 0) is 4.79 Å². The topological polar surface area (TPSA) is 29.1 Å². The number of hydrogen-bond acceptors (Lipinski definition) is 2. The summed E-state index contributed by atoms with van der Waals surface area (Å²) in [7, 11) is 0. The van der Waals surface area contributed by atoms with Gasteiger partial charge in [-0.2, -0.15) is 0 Å². The Morgan fingerprint density at radius 2 is 2.15 bits per heavy atom. The van der Waals surface area contributed by atoms with Crippen LogP contribution >= 0.6 is 0 Å². The predicted molar refractivity (Wildman–Crippen MR) is 56.4 cm³/mol. The van der Waals surface area contributed by atoms with E-state index in [0.717, 1.165) is 25.7 Å². The molecule has 0 aliphatic heterocycles. The molecule has 2 heteroatoms. The molecule has 13 heavy (non-hydrogen) atoms. The molecule has 0 saturated carbocycles. The molecule has 1 N–H and O–H groups in total. The van der Waals surface area contributed by atoms with Gasteiger partial charge < -0.3 is 5.32 Å². The van der Waals surface area contributed by atoms with Crippen molar-refractivity contribution in [3.8, 4) is 0 Å². The van der Waals surface area contributed by atoms with Crippen molar-refractivity contribution < 1.29 is 4.79 Å². The lowest BCUT2D eigenvalue weighted by molar-refractivity contribution is -0.105. The number of allylic oxidation sites excluding steroid dienone is 2. The monoisotopic (exact) mass is 181 g/mol. The standard InChI is InChI=1S/C11H19NO/c1-9(2)10(3)6-5-7-12-11(4)8-13/h8,10,12H,1,4-7H2,2-3H3. The highest BCUT2D eigenvalue weighted by atomic mass is 16.1. The molecule has 0 radical (unpaired) electrons. The molecular formula is C11H19NO. The summed E-state index contributed by atoms with van der Waals surface area (Å²) in [6.45, 7) is 12.4. The van der Waals surface area contributed by atoms with Crippen LogP contribution in [0.5, 0.6) is 0 Å². The first kappa shape index (κ1) is 11.9. The Morgan fingerprint density at radius 1 is 1.54 bits per heavy atom. The largest absolute Gasteiger partial charge is 0.383 e. The first-order chi connectivity index (χ1) is 6.07. The number of aldehydes is 1. The maximum Gasteiger partial charge on any atom is 0.165 e. The van der Waals surface area contributed by atoms with Gasteiger partial charge in [0.15, 0.2) is 6.29 Å². The van der Waals surface area contributed by atoms with Gasteiger partial charge in [-0.3, -0.25) is 4.79 Å². The van der Waals surface area contributed by atoms with Crippen molar-refractivity contribution in [3.63, 3.8) is 0 Å². The van der Waals surface area contributed by atoms with Crippen molar-refractivity contribution in [2.24, 2.45) is 5.92 Å². The quantitative estimate of drug-likeness (QED) is 0.282. The summed E-state index contributed by atoms with van der Waals surface area (Å²) in [4.78, 5) is 10.2. The summed E-state index contributed by atoms with van der Waals surface area (Å²) in [5.41, 5.74) is 1.68. The van der Waals surface area contributed by atoms with Crippen LogP contribution in [-0.4, -0.2) is 12.8 Å². The number of carbonyl (C=O) groups excluding carboxylic acids is 1. The van der Waals surface area contributed by atoms with Crippen LogP contribution < -0.4 is 5.32 Å². The normalized spacial score (nSPS) is 11.8. The zero-order valence-electron chi connectivity index (χ0n) is 8.60. The number of nitrogens with one attached hydrogen (secondary N) is 1. The SMILES string of the molecule is C=C(C=O)NCCCC(C)C(=C)C. The maximum atomic E-state index is 10.2. The van der Waals surface area contributed by atoms with Gasteiger partial charge in [0.25, 0.3) is 0 Å².